The van der Waals surface area contributed by atoms with Crippen molar-refractivity contribution >= 4 is 17.6 Å². The topological polar surface area (TPSA) is 26.3 Å². The molecule has 3 rings (SSSR count). The Labute approximate surface area is 191 Å². The molecule has 0 aliphatic heterocycles. The van der Waals surface area contributed by atoms with Crippen LogP contribution in [0.1, 0.15) is 67.8 Å². The molecule has 0 heterocycles. The molecule has 0 aliphatic carbocycles. The Kier molecular flexibility index (Phi) is 9.17. The normalized spacial score (nSPS) is 10.8. The first-order valence-electron chi connectivity index (χ1n) is 11.3. The third kappa shape index (κ3) is 7.56. The molecule has 3 heteroatoms. The van der Waals surface area contributed by atoms with Crippen molar-refractivity contribution in [3.63, 3.8) is 0 Å². The number of halogens is 1. The second kappa shape index (κ2) is 12.3. The third-order valence-corrected chi connectivity index (χ3v) is 5.75. The molecule has 0 unspecified atom stereocenters. The van der Waals surface area contributed by atoms with Crippen LogP contribution in [-0.4, -0.2) is 5.97 Å². The minimum atomic E-state index is -0.376. The summed E-state index contributed by atoms with van der Waals surface area (Å²) in [7, 11) is 0. The van der Waals surface area contributed by atoms with Gasteiger partial charge >= 0.3 is 5.97 Å². The standard InChI is InChI=1S/C28H31ClO2/c1-2-3-4-5-6-7-8-9-22-10-12-23(13-11-22)24-14-16-25(17-15-24)28(30)31-27-20-18-26(29)19-21-27/h10-21H,2-9H2,1H3. The molecule has 31 heavy (non-hydrogen) atoms. The molecule has 0 fully saturated rings. The van der Waals surface area contributed by atoms with E-state index in [9.17, 15) is 4.79 Å². The number of hydrogen-bond donors (Lipinski definition) is 0. The van der Waals surface area contributed by atoms with Gasteiger partial charge in [0.15, 0.2) is 0 Å². The van der Waals surface area contributed by atoms with Crippen LogP contribution in [0.15, 0.2) is 72.8 Å². The predicted molar refractivity (Wildman–Crippen MR) is 130 cm³/mol. The number of carbonyl (C=O) groups is 1. The van der Waals surface area contributed by atoms with Gasteiger partial charge in [-0.25, -0.2) is 4.79 Å². The molecular weight excluding hydrogens is 404 g/mol. The zero-order valence-electron chi connectivity index (χ0n) is 18.3. The van der Waals surface area contributed by atoms with Gasteiger partial charge in [0, 0.05) is 5.02 Å². The van der Waals surface area contributed by atoms with E-state index < -0.39 is 0 Å². The maximum absolute atomic E-state index is 12.3. The van der Waals surface area contributed by atoms with Gasteiger partial charge in [0.2, 0.25) is 0 Å². The van der Waals surface area contributed by atoms with Crippen LogP contribution in [0.3, 0.4) is 0 Å². The molecule has 0 aromatic heterocycles. The Morgan fingerprint density at radius 1 is 0.710 bits per heavy atom. The second-order valence-electron chi connectivity index (χ2n) is 7.99. The number of rotatable bonds is 11. The number of carbonyl (C=O) groups excluding carboxylic acids is 1. The fourth-order valence-electron chi connectivity index (χ4n) is 3.62. The molecule has 0 amide bonds. The minimum Gasteiger partial charge on any atom is -0.423 e. The summed E-state index contributed by atoms with van der Waals surface area (Å²) in [5.74, 6) is 0.105. The highest BCUT2D eigenvalue weighted by Crippen LogP contribution is 2.22. The van der Waals surface area contributed by atoms with Crippen molar-refractivity contribution in [3.8, 4) is 16.9 Å². The van der Waals surface area contributed by atoms with Crippen molar-refractivity contribution in [1.29, 1.82) is 0 Å². The SMILES string of the molecule is CCCCCCCCCc1ccc(-c2ccc(C(=O)Oc3ccc(Cl)cc3)cc2)cc1. The molecule has 3 aromatic rings. The van der Waals surface area contributed by atoms with Crippen molar-refractivity contribution in [2.45, 2.75) is 58.3 Å². The highest BCUT2D eigenvalue weighted by atomic mass is 35.5. The molecule has 3 aromatic carbocycles. The van der Waals surface area contributed by atoms with Crippen molar-refractivity contribution < 1.29 is 9.53 Å². The Morgan fingerprint density at radius 2 is 1.26 bits per heavy atom. The molecule has 2 nitrogen and oxygen atoms in total. The average molecular weight is 435 g/mol. The van der Waals surface area contributed by atoms with Crippen LogP contribution < -0.4 is 4.74 Å². The molecule has 0 saturated carbocycles. The van der Waals surface area contributed by atoms with Crippen LogP contribution >= 0.6 is 11.6 Å². The molecular formula is C28H31ClO2. The van der Waals surface area contributed by atoms with Crippen LogP contribution in [0, 0.1) is 0 Å². The molecule has 0 spiro atoms. The second-order valence-corrected chi connectivity index (χ2v) is 8.43. The lowest BCUT2D eigenvalue weighted by molar-refractivity contribution is 0.0735. The first kappa shape index (κ1) is 23.1. The fourth-order valence-corrected chi connectivity index (χ4v) is 3.74. The monoisotopic (exact) mass is 434 g/mol. The lowest BCUT2D eigenvalue weighted by atomic mass is 10.00. The lowest BCUT2D eigenvalue weighted by Gasteiger charge is -2.07. The van der Waals surface area contributed by atoms with Gasteiger partial charge in [-0.3, -0.25) is 0 Å². The van der Waals surface area contributed by atoms with E-state index in [1.807, 2.05) is 12.1 Å². The summed E-state index contributed by atoms with van der Waals surface area (Å²) in [5, 5.41) is 0.609. The molecule has 0 aliphatic rings. The van der Waals surface area contributed by atoms with E-state index in [0.29, 0.717) is 16.3 Å². The number of hydrogen-bond acceptors (Lipinski definition) is 2. The Balaban J connectivity index is 1.49. The highest BCUT2D eigenvalue weighted by molar-refractivity contribution is 6.30. The van der Waals surface area contributed by atoms with Gasteiger partial charge in [0.25, 0.3) is 0 Å². The summed E-state index contributed by atoms with van der Waals surface area (Å²) in [6, 6.07) is 23.1. The van der Waals surface area contributed by atoms with Gasteiger partial charge in [-0.05, 0) is 65.9 Å². The minimum absolute atomic E-state index is 0.376. The van der Waals surface area contributed by atoms with E-state index >= 15 is 0 Å². The van der Waals surface area contributed by atoms with Gasteiger partial charge in [-0.15, -0.1) is 0 Å². The van der Waals surface area contributed by atoms with Crippen LogP contribution in [-0.2, 0) is 6.42 Å². The van der Waals surface area contributed by atoms with Crippen LogP contribution in [0.5, 0.6) is 5.75 Å². The highest BCUT2D eigenvalue weighted by Gasteiger charge is 2.09. The van der Waals surface area contributed by atoms with Gasteiger partial charge in [-0.2, -0.15) is 0 Å². The molecule has 0 bridgehead atoms. The number of unbranched alkanes of at least 4 members (excludes halogenated alkanes) is 6. The molecule has 0 saturated heterocycles. The van der Waals surface area contributed by atoms with Crippen molar-refractivity contribution in [2.75, 3.05) is 0 Å². The number of benzene rings is 3. The molecule has 0 N–H and O–H groups in total. The van der Waals surface area contributed by atoms with E-state index in [2.05, 4.69) is 31.2 Å². The van der Waals surface area contributed by atoms with Gasteiger partial charge < -0.3 is 4.74 Å². The van der Waals surface area contributed by atoms with Gasteiger partial charge in [0.05, 0.1) is 5.56 Å². The molecule has 0 atom stereocenters. The summed E-state index contributed by atoms with van der Waals surface area (Å²) >= 11 is 5.86. The van der Waals surface area contributed by atoms with E-state index in [4.69, 9.17) is 16.3 Å². The lowest BCUT2D eigenvalue weighted by Crippen LogP contribution is -2.08. The van der Waals surface area contributed by atoms with Crippen molar-refractivity contribution in [1.82, 2.24) is 0 Å². The summed E-state index contributed by atoms with van der Waals surface area (Å²) in [6.45, 7) is 2.26. The summed E-state index contributed by atoms with van der Waals surface area (Å²) in [4.78, 5) is 12.3. The van der Waals surface area contributed by atoms with Gasteiger partial charge in [0.1, 0.15) is 5.75 Å². The summed E-state index contributed by atoms with van der Waals surface area (Å²) in [6.07, 6.45) is 10.5. The fraction of sp³-hybridized carbons (Fsp3) is 0.321. The van der Waals surface area contributed by atoms with Crippen LogP contribution in [0.25, 0.3) is 11.1 Å². The van der Waals surface area contributed by atoms with E-state index in [0.717, 1.165) is 17.5 Å². The van der Waals surface area contributed by atoms with Crippen molar-refractivity contribution in [3.05, 3.63) is 88.9 Å². The molecule has 0 radical (unpaired) electrons. The number of ether oxygens (including phenoxy) is 1. The smallest absolute Gasteiger partial charge is 0.343 e. The zero-order chi connectivity index (χ0) is 21.9. The average Bonchev–Trinajstić information content (AvgIpc) is 2.80. The zero-order valence-corrected chi connectivity index (χ0v) is 19.0. The Morgan fingerprint density at radius 3 is 1.87 bits per heavy atom. The third-order valence-electron chi connectivity index (χ3n) is 5.50. The maximum atomic E-state index is 12.3. The number of aryl methyl sites for hydroxylation is 1. The van der Waals surface area contributed by atoms with E-state index in [1.54, 1.807) is 36.4 Å². The summed E-state index contributed by atoms with van der Waals surface area (Å²) < 4.78 is 5.39. The predicted octanol–water partition coefficient (Wildman–Crippen LogP) is 8.52. The molecule has 162 valence electrons. The first-order valence-corrected chi connectivity index (χ1v) is 11.7. The number of esters is 1. The largest absolute Gasteiger partial charge is 0.423 e. The van der Waals surface area contributed by atoms with Gasteiger partial charge in [-0.1, -0.05) is 93.4 Å². The quantitative estimate of drug-likeness (QED) is 0.172. The Bertz CT molecular complexity index is 928. The summed E-state index contributed by atoms with van der Waals surface area (Å²) in [5.41, 5.74) is 4.15. The first-order chi connectivity index (χ1) is 15.2. The Hall–Kier alpha value is -2.58. The van der Waals surface area contributed by atoms with Crippen LogP contribution in [0.2, 0.25) is 5.02 Å². The van der Waals surface area contributed by atoms with Crippen LogP contribution in [0.4, 0.5) is 0 Å². The van der Waals surface area contributed by atoms with Crippen molar-refractivity contribution in [2.24, 2.45) is 0 Å². The van der Waals surface area contributed by atoms with E-state index in [1.165, 1.54) is 50.5 Å². The van der Waals surface area contributed by atoms with E-state index in [-0.39, 0.29) is 5.97 Å². The maximum Gasteiger partial charge on any atom is 0.343 e.